The van der Waals surface area contributed by atoms with Gasteiger partial charge >= 0.3 is 0 Å². The van der Waals surface area contributed by atoms with E-state index in [1.165, 1.54) is 13.3 Å². The molecule has 1 aromatic carbocycles. The first kappa shape index (κ1) is 33.7. The average Bonchev–Trinajstić information content (AvgIpc) is 3.50. The van der Waals surface area contributed by atoms with Crippen LogP contribution in [0.25, 0.3) is 22.5 Å². The molecule has 0 saturated carbocycles. The van der Waals surface area contributed by atoms with Crippen molar-refractivity contribution in [1.82, 2.24) is 30.9 Å². The van der Waals surface area contributed by atoms with E-state index < -0.39 is 0 Å². The van der Waals surface area contributed by atoms with E-state index in [0.29, 0.717) is 71.9 Å². The Bertz CT molecular complexity index is 1750. The number of anilines is 1. The van der Waals surface area contributed by atoms with Crippen molar-refractivity contribution in [3.63, 3.8) is 0 Å². The molecule has 5 rings (SSSR count). The summed E-state index contributed by atoms with van der Waals surface area (Å²) in [5, 5.41) is 21.9. The highest BCUT2D eigenvalue weighted by Crippen LogP contribution is 2.38. The maximum Gasteiger partial charge on any atom is 0.274 e. The van der Waals surface area contributed by atoms with Gasteiger partial charge in [0, 0.05) is 72.8 Å². The van der Waals surface area contributed by atoms with Crippen LogP contribution in [0.1, 0.15) is 40.0 Å². The summed E-state index contributed by atoms with van der Waals surface area (Å²) in [5.74, 6) is 0.715. The molecule has 1 fully saturated rings. The zero-order valence-corrected chi connectivity index (χ0v) is 27.3. The fourth-order valence-corrected chi connectivity index (χ4v) is 5.73. The number of aromatic nitrogens is 3. The van der Waals surface area contributed by atoms with Gasteiger partial charge < -0.3 is 35.8 Å². The molecule has 4 heterocycles. The molecule has 1 saturated heterocycles. The van der Waals surface area contributed by atoms with Crippen LogP contribution in [0.2, 0.25) is 5.02 Å². The fraction of sp³-hybridized carbons (Fsp3) is 0.324. The third-order valence-corrected chi connectivity index (χ3v) is 8.31. The Kier molecular flexibility index (Phi) is 11.3. The van der Waals surface area contributed by atoms with Gasteiger partial charge in [0.05, 0.1) is 43.4 Å². The van der Waals surface area contributed by atoms with E-state index in [9.17, 15) is 9.59 Å². The van der Waals surface area contributed by atoms with Crippen molar-refractivity contribution in [2.24, 2.45) is 0 Å². The van der Waals surface area contributed by atoms with E-state index >= 15 is 0 Å². The zero-order chi connectivity index (χ0) is 33.3. The molecule has 246 valence electrons. The first-order valence-electron chi connectivity index (χ1n) is 15.3. The number of rotatable bonds is 14. The normalized spacial score (nSPS) is 14.1. The van der Waals surface area contributed by atoms with E-state index in [4.69, 9.17) is 31.2 Å². The molecule has 12 nitrogen and oxygen atoms in total. The number of nitrogens with one attached hydrogen (secondary N) is 4. The predicted molar refractivity (Wildman–Crippen MR) is 180 cm³/mol. The molecule has 2 amide bonds. The number of hydrogen-bond acceptors (Lipinski definition) is 10. The quantitative estimate of drug-likeness (QED) is 0.126. The number of nitrogens with zero attached hydrogens (tertiary/aromatic N) is 3. The Morgan fingerprint density at radius 2 is 1.89 bits per heavy atom. The van der Waals surface area contributed by atoms with Crippen LogP contribution in [-0.4, -0.2) is 71.8 Å². The lowest BCUT2D eigenvalue weighted by molar-refractivity contribution is -0.119. The van der Waals surface area contributed by atoms with Crippen molar-refractivity contribution >= 4 is 29.1 Å². The Hall–Kier alpha value is -4.62. The first-order chi connectivity index (χ1) is 22.8. The second kappa shape index (κ2) is 15.8. The van der Waals surface area contributed by atoms with Gasteiger partial charge in [0.1, 0.15) is 11.4 Å². The third kappa shape index (κ3) is 8.03. The first-order valence-corrected chi connectivity index (χ1v) is 15.6. The summed E-state index contributed by atoms with van der Waals surface area (Å²) in [7, 11) is 3.11. The average molecular weight is 660 g/mol. The lowest BCUT2D eigenvalue weighted by Gasteiger charge is -2.16. The molecule has 0 unspecified atom stereocenters. The second-order valence-corrected chi connectivity index (χ2v) is 11.4. The Morgan fingerprint density at radius 1 is 1.06 bits per heavy atom. The van der Waals surface area contributed by atoms with Gasteiger partial charge in [0.2, 0.25) is 11.8 Å². The number of aliphatic hydroxyl groups is 1. The number of amides is 2. The maximum atomic E-state index is 13.3. The van der Waals surface area contributed by atoms with Gasteiger partial charge in [0.25, 0.3) is 5.91 Å². The van der Waals surface area contributed by atoms with Crippen molar-refractivity contribution < 1.29 is 24.2 Å². The largest absolute Gasteiger partial charge is 0.495 e. The van der Waals surface area contributed by atoms with E-state index in [1.54, 1.807) is 25.4 Å². The second-order valence-electron chi connectivity index (χ2n) is 11.0. The molecule has 3 aromatic heterocycles. The number of carbonyl (C=O) groups excluding carboxylic acids is 2. The predicted octanol–water partition coefficient (Wildman–Crippen LogP) is 3.89. The molecule has 5 N–H and O–H groups in total. The van der Waals surface area contributed by atoms with Crippen LogP contribution in [0, 0.1) is 6.92 Å². The summed E-state index contributed by atoms with van der Waals surface area (Å²) in [6.07, 6.45) is 4.57. The molecular formula is C34H38ClN7O5. The van der Waals surface area contributed by atoms with Crippen molar-refractivity contribution in [2.45, 2.75) is 38.9 Å². The summed E-state index contributed by atoms with van der Waals surface area (Å²) < 4.78 is 11.0. The zero-order valence-electron chi connectivity index (χ0n) is 26.5. The SMILES string of the molecule is COc1cnc(C(=O)Nc2cccc(-c3nccc(-c4ccc(CNC[C@H]5CCC(=O)N5)c(OC)n4)c3Cl)c2C)cc1CNCCO. The number of halogens is 1. The number of carbonyl (C=O) groups is 2. The van der Waals surface area contributed by atoms with Crippen LogP contribution in [0.15, 0.2) is 54.9 Å². The number of hydrogen-bond donors (Lipinski definition) is 5. The van der Waals surface area contributed by atoms with Crippen LogP contribution in [0.4, 0.5) is 5.69 Å². The summed E-state index contributed by atoms with van der Waals surface area (Å²) >= 11 is 6.98. The lowest BCUT2D eigenvalue weighted by Crippen LogP contribution is -2.35. The molecule has 47 heavy (non-hydrogen) atoms. The summed E-state index contributed by atoms with van der Waals surface area (Å²) in [4.78, 5) is 38.4. The molecule has 0 spiro atoms. The minimum Gasteiger partial charge on any atom is -0.495 e. The maximum absolute atomic E-state index is 13.3. The van der Waals surface area contributed by atoms with Crippen LogP contribution in [0.3, 0.4) is 0 Å². The van der Waals surface area contributed by atoms with E-state index in [0.717, 1.165) is 28.7 Å². The molecule has 0 bridgehead atoms. The lowest BCUT2D eigenvalue weighted by atomic mass is 10.0. The van der Waals surface area contributed by atoms with Crippen molar-refractivity contribution in [1.29, 1.82) is 0 Å². The summed E-state index contributed by atoms with van der Waals surface area (Å²) in [6.45, 7) is 3.90. The Morgan fingerprint density at radius 3 is 2.64 bits per heavy atom. The van der Waals surface area contributed by atoms with E-state index in [-0.39, 0.29) is 30.2 Å². The monoisotopic (exact) mass is 659 g/mol. The summed E-state index contributed by atoms with van der Waals surface area (Å²) in [6, 6.07) is 13.0. The summed E-state index contributed by atoms with van der Waals surface area (Å²) in [5.41, 5.74) is 5.80. The van der Waals surface area contributed by atoms with E-state index in [1.807, 2.05) is 37.3 Å². The number of benzene rings is 1. The molecule has 4 aromatic rings. The van der Waals surface area contributed by atoms with Gasteiger partial charge in [-0.25, -0.2) is 9.97 Å². The standard InChI is InChI=1S/C34H38ClN7O5/c1-20-24(5-4-6-26(20)41-33(45)28-15-22(17-36-13-14-43)29(46-2)19-39-28)32-31(35)25(11-12-38-32)27-9-7-21(34(42-27)47-3)16-37-18-23-8-10-30(44)40-23/h4-7,9,11-12,15,19,23,36-37,43H,8,10,13-14,16-18H2,1-3H3,(H,40,44)(H,41,45)/t23-/m1/s1. The van der Waals surface area contributed by atoms with Gasteiger partial charge in [-0.3, -0.25) is 14.6 Å². The van der Waals surface area contributed by atoms with Crippen LogP contribution < -0.4 is 30.7 Å². The Labute approximate surface area is 278 Å². The highest BCUT2D eigenvalue weighted by atomic mass is 35.5. The number of ether oxygens (including phenoxy) is 2. The number of aliphatic hydroxyl groups excluding tert-OH is 1. The minimum atomic E-state index is -0.386. The van der Waals surface area contributed by atoms with Gasteiger partial charge in [-0.15, -0.1) is 0 Å². The van der Waals surface area contributed by atoms with Gasteiger partial charge in [0.15, 0.2) is 0 Å². The van der Waals surface area contributed by atoms with Crippen LogP contribution >= 0.6 is 11.6 Å². The van der Waals surface area contributed by atoms with Crippen molar-refractivity contribution in [3.05, 3.63) is 82.3 Å². The van der Waals surface area contributed by atoms with Crippen molar-refractivity contribution in [2.75, 3.05) is 39.2 Å². The van der Waals surface area contributed by atoms with Gasteiger partial charge in [-0.05, 0) is 43.2 Å². The van der Waals surface area contributed by atoms with Crippen molar-refractivity contribution in [3.8, 4) is 34.1 Å². The molecule has 1 aliphatic heterocycles. The smallest absolute Gasteiger partial charge is 0.274 e. The van der Waals surface area contributed by atoms with Crippen LogP contribution in [-0.2, 0) is 17.9 Å². The number of methoxy groups -OCH3 is 2. The molecule has 1 aliphatic rings. The third-order valence-electron chi connectivity index (χ3n) is 7.93. The molecule has 1 atom stereocenters. The Balaban J connectivity index is 1.35. The van der Waals surface area contributed by atoms with Gasteiger partial charge in [-0.1, -0.05) is 29.8 Å². The van der Waals surface area contributed by atoms with Crippen LogP contribution in [0.5, 0.6) is 11.6 Å². The fourth-order valence-electron chi connectivity index (χ4n) is 5.42. The van der Waals surface area contributed by atoms with Gasteiger partial charge in [-0.2, -0.15) is 0 Å². The topological polar surface area (TPSA) is 160 Å². The highest BCUT2D eigenvalue weighted by molar-refractivity contribution is 6.35. The number of pyridine rings is 3. The van der Waals surface area contributed by atoms with E-state index in [2.05, 4.69) is 31.2 Å². The molecule has 13 heteroatoms. The molecule has 0 radical (unpaired) electrons. The highest BCUT2D eigenvalue weighted by Gasteiger charge is 2.21. The molecule has 0 aliphatic carbocycles. The minimum absolute atomic E-state index is 0.00304. The molecular weight excluding hydrogens is 622 g/mol.